The normalized spacial score (nSPS) is 10.7. The number of aromatic amines is 1. The Morgan fingerprint density at radius 1 is 1.16 bits per heavy atom. The van der Waals surface area contributed by atoms with Crippen LogP contribution in [0.5, 0.6) is 5.75 Å². The largest absolute Gasteiger partial charge is 0.493 e. The minimum Gasteiger partial charge on any atom is -0.493 e. The number of nitrogens with two attached hydrogens (primary N) is 1. The average Bonchev–Trinajstić information content (AvgIpc) is 2.88. The molecule has 1 aromatic carbocycles. The summed E-state index contributed by atoms with van der Waals surface area (Å²) in [5.41, 5.74) is 7.86. The van der Waals surface area contributed by atoms with Gasteiger partial charge in [0.05, 0.1) is 18.6 Å². The number of H-pyrrole nitrogens is 1. The Morgan fingerprint density at radius 2 is 2.00 bits per heavy atom. The van der Waals surface area contributed by atoms with Gasteiger partial charge in [0.25, 0.3) is 0 Å². The number of hydrogen-bond acceptors (Lipinski definition) is 5. The molecular formula is C13H13N5O. The molecule has 3 N–H and O–H groups in total. The number of anilines is 1. The van der Waals surface area contributed by atoms with E-state index >= 15 is 0 Å². The zero-order valence-corrected chi connectivity index (χ0v) is 10.2. The smallest absolute Gasteiger partial charge is 0.222 e. The first-order valence-corrected chi connectivity index (χ1v) is 5.96. The maximum atomic E-state index is 5.65. The molecule has 0 aliphatic heterocycles. The van der Waals surface area contributed by atoms with E-state index in [0.717, 1.165) is 17.0 Å². The standard InChI is InChI=1S/C13H13N5O/c14-13-17-10(11-12(18-13)16-8-15-11)6-7-19-9-4-2-1-3-5-9/h1-5,8H,6-7H2,(H3,14,15,16,17,18). The second-order valence-corrected chi connectivity index (χ2v) is 4.04. The molecule has 0 atom stereocenters. The van der Waals surface area contributed by atoms with Gasteiger partial charge in [0.2, 0.25) is 5.95 Å². The number of nitrogens with one attached hydrogen (secondary N) is 1. The molecule has 2 heterocycles. The van der Waals surface area contributed by atoms with E-state index < -0.39 is 0 Å². The van der Waals surface area contributed by atoms with Gasteiger partial charge in [-0.2, -0.15) is 4.98 Å². The summed E-state index contributed by atoms with van der Waals surface area (Å²) >= 11 is 0. The number of aromatic nitrogens is 4. The maximum Gasteiger partial charge on any atom is 0.222 e. The zero-order valence-electron chi connectivity index (χ0n) is 10.2. The number of rotatable bonds is 4. The van der Waals surface area contributed by atoms with Gasteiger partial charge in [-0.1, -0.05) is 18.2 Å². The van der Waals surface area contributed by atoms with Gasteiger partial charge < -0.3 is 15.5 Å². The number of benzene rings is 1. The summed E-state index contributed by atoms with van der Waals surface area (Å²) in [6.07, 6.45) is 2.22. The summed E-state index contributed by atoms with van der Waals surface area (Å²) in [6, 6.07) is 9.66. The van der Waals surface area contributed by atoms with Crippen molar-refractivity contribution in [3.8, 4) is 5.75 Å². The van der Waals surface area contributed by atoms with Crippen LogP contribution >= 0.6 is 0 Å². The van der Waals surface area contributed by atoms with E-state index in [4.69, 9.17) is 10.5 Å². The quantitative estimate of drug-likeness (QED) is 0.738. The molecule has 0 bridgehead atoms. The molecule has 0 amide bonds. The van der Waals surface area contributed by atoms with Gasteiger partial charge >= 0.3 is 0 Å². The van der Waals surface area contributed by atoms with Crippen LogP contribution in [0.2, 0.25) is 0 Å². The van der Waals surface area contributed by atoms with Crippen molar-refractivity contribution in [1.29, 1.82) is 0 Å². The number of fused-ring (bicyclic) bond motifs is 1. The van der Waals surface area contributed by atoms with Crippen LogP contribution in [0, 0.1) is 0 Å². The van der Waals surface area contributed by atoms with Crippen LogP contribution in [0.1, 0.15) is 5.69 Å². The molecule has 0 saturated carbocycles. The fourth-order valence-electron chi connectivity index (χ4n) is 1.88. The van der Waals surface area contributed by atoms with Crippen molar-refractivity contribution < 1.29 is 4.74 Å². The highest BCUT2D eigenvalue weighted by atomic mass is 16.5. The van der Waals surface area contributed by atoms with E-state index in [9.17, 15) is 0 Å². The lowest BCUT2D eigenvalue weighted by Gasteiger charge is -2.06. The van der Waals surface area contributed by atoms with Crippen molar-refractivity contribution in [3.05, 3.63) is 42.4 Å². The Morgan fingerprint density at radius 3 is 2.84 bits per heavy atom. The molecule has 0 aliphatic carbocycles. The van der Waals surface area contributed by atoms with Crippen LogP contribution in [-0.4, -0.2) is 26.5 Å². The SMILES string of the molecule is Nc1nc(CCOc2ccccc2)c2[nH]cnc2n1. The number of nitrogens with zero attached hydrogens (tertiary/aromatic N) is 3. The van der Waals surface area contributed by atoms with Gasteiger partial charge in [-0.05, 0) is 12.1 Å². The third kappa shape index (κ3) is 2.47. The van der Waals surface area contributed by atoms with Crippen molar-refractivity contribution in [2.75, 3.05) is 12.3 Å². The summed E-state index contributed by atoms with van der Waals surface area (Å²) in [4.78, 5) is 15.4. The Hall–Kier alpha value is -2.63. The van der Waals surface area contributed by atoms with Crippen LogP contribution in [-0.2, 0) is 6.42 Å². The monoisotopic (exact) mass is 255 g/mol. The first kappa shape index (κ1) is 11.5. The van der Waals surface area contributed by atoms with E-state index in [1.165, 1.54) is 0 Å². The lowest BCUT2D eigenvalue weighted by molar-refractivity contribution is 0.321. The second kappa shape index (κ2) is 4.93. The summed E-state index contributed by atoms with van der Waals surface area (Å²) in [7, 11) is 0. The Labute approximate surface area is 109 Å². The molecule has 19 heavy (non-hydrogen) atoms. The topological polar surface area (TPSA) is 89.7 Å². The molecule has 6 nitrogen and oxygen atoms in total. The number of nitrogen functional groups attached to an aromatic ring is 1. The second-order valence-electron chi connectivity index (χ2n) is 4.04. The fourth-order valence-corrected chi connectivity index (χ4v) is 1.88. The van der Waals surface area contributed by atoms with E-state index in [1.807, 2.05) is 30.3 Å². The molecule has 2 aromatic heterocycles. The molecule has 0 fully saturated rings. The van der Waals surface area contributed by atoms with Crippen LogP contribution in [0.3, 0.4) is 0 Å². The summed E-state index contributed by atoms with van der Waals surface area (Å²) in [5, 5.41) is 0. The average molecular weight is 255 g/mol. The van der Waals surface area contributed by atoms with Crippen molar-refractivity contribution in [2.45, 2.75) is 6.42 Å². The van der Waals surface area contributed by atoms with Gasteiger partial charge in [-0.3, -0.25) is 0 Å². The molecule has 3 aromatic rings. The predicted octanol–water partition coefficient (Wildman–Crippen LogP) is 1.56. The minimum atomic E-state index is 0.231. The third-order valence-electron chi connectivity index (χ3n) is 2.73. The molecule has 0 unspecified atom stereocenters. The van der Waals surface area contributed by atoms with Gasteiger partial charge in [-0.15, -0.1) is 0 Å². The molecule has 6 heteroatoms. The molecule has 96 valence electrons. The van der Waals surface area contributed by atoms with Gasteiger partial charge in [0.15, 0.2) is 5.65 Å². The Balaban J connectivity index is 1.73. The van der Waals surface area contributed by atoms with Crippen LogP contribution < -0.4 is 10.5 Å². The highest BCUT2D eigenvalue weighted by Gasteiger charge is 2.08. The number of para-hydroxylation sites is 1. The lowest BCUT2D eigenvalue weighted by atomic mass is 10.3. The molecule has 3 rings (SSSR count). The van der Waals surface area contributed by atoms with Gasteiger partial charge in [0.1, 0.15) is 11.3 Å². The lowest BCUT2D eigenvalue weighted by Crippen LogP contribution is -2.06. The van der Waals surface area contributed by atoms with Gasteiger partial charge in [-0.25, -0.2) is 9.97 Å². The van der Waals surface area contributed by atoms with Gasteiger partial charge in [0, 0.05) is 6.42 Å². The highest BCUT2D eigenvalue weighted by Crippen LogP contribution is 2.14. The predicted molar refractivity (Wildman–Crippen MR) is 71.7 cm³/mol. The number of ether oxygens (including phenoxy) is 1. The van der Waals surface area contributed by atoms with E-state index in [0.29, 0.717) is 18.7 Å². The molecular weight excluding hydrogens is 242 g/mol. The summed E-state index contributed by atoms with van der Waals surface area (Å²) in [5.74, 6) is 1.07. The van der Waals surface area contributed by atoms with Crippen molar-refractivity contribution in [2.24, 2.45) is 0 Å². The minimum absolute atomic E-state index is 0.231. The van der Waals surface area contributed by atoms with Crippen molar-refractivity contribution in [1.82, 2.24) is 19.9 Å². The Kier molecular flexibility index (Phi) is 2.97. The number of imidazole rings is 1. The first-order chi connectivity index (χ1) is 9.33. The van der Waals surface area contributed by atoms with E-state index in [2.05, 4.69) is 19.9 Å². The van der Waals surface area contributed by atoms with Crippen molar-refractivity contribution in [3.63, 3.8) is 0 Å². The molecule has 0 saturated heterocycles. The van der Waals surface area contributed by atoms with E-state index in [1.54, 1.807) is 6.33 Å². The highest BCUT2D eigenvalue weighted by molar-refractivity contribution is 5.73. The summed E-state index contributed by atoms with van der Waals surface area (Å²) < 4.78 is 5.64. The third-order valence-corrected chi connectivity index (χ3v) is 2.73. The maximum absolute atomic E-state index is 5.65. The zero-order chi connectivity index (χ0) is 13.1. The number of hydrogen-bond donors (Lipinski definition) is 2. The first-order valence-electron chi connectivity index (χ1n) is 5.96. The van der Waals surface area contributed by atoms with Crippen molar-refractivity contribution >= 4 is 17.1 Å². The Bertz CT molecular complexity index is 680. The summed E-state index contributed by atoms with van der Waals surface area (Å²) in [6.45, 7) is 0.522. The fraction of sp³-hybridized carbons (Fsp3) is 0.154. The van der Waals surface area contributed by atoms with Crippen LogP contribution in [0.4, 0.5) is 5.95 Å². The molecule has 0 spiro atoms. The van der Waals surface area contributed by atoms with Crippen LogP contribution in [0.25, 0.3) is 11.2 Å². The van der Waals surface area contributed by atoms with E-state index in [-0.39, 0.29) is 5.95 Å². The molecule has 0 radical (unpaired) electrons. The molecule has 0 aliphatic rings. The van der Waals surface area contributed by atoms with Crippen LogP contribution in [0.15, 0.2) is 36.7 Å².